The fourth-order valence-corrected chi connectivity index (χ4v) is 3.89. The van der Waals surface area contributed by atoms with E-state index in [0.717, 1.165) is 17.6 Å². The minimum Gasteiger partial charge on any atom is -0.493 e. The SMILES string of the molecule is COc1ccccc1Oc1ccccc1NC(=O)C(=O)Nc1nc(C(N)S(C)(=O)=O)cs1. The zero-order valence-electron chi connectivity index (χ0n) is 17.1. The largest absolute Gasteiger partial charge is 0.493 e. The smallest absolute Gasteiger partial charge is 0.315 e. The molecule has 0 fully saturated rings. The molecule has 0 aliphatic carbocycles. The van der Waals surface area contributed by atoms with Gasteiger partial charge in [0.05, 0.1) is 18.5 Å². The molecular weight excluding hydrogens is 456 g/mol. The summed E-state index contributed by atoms with van der Waals surface area (Å²) in [6, 6.07) is 13.6. The van der Waals surface area contributed by atoms with Gasteiger partial charge in [0.1, 0.15) is 0 Å². The lowest BCUT2D eigenvalue weighted by Gasteiger charge is -2.13. The normalized spacial score (nSPS) is 12.0. The second-order valence-electron chi connectivity index (χ2n) is 6.48. The summed E-state index contributed by atoms with van der Waals surface area (Å²) in [4.78, 5) is 28.7. The van der Waals surface area contributed by atoms with Crippen molar-refractivity contribution >= 4 is 43.8 Å². The molecule has 4 N–H and O–H groups in total. The van der Waals surface area contributed by atoms with Crippen LogP contribution in [0.2, 0.25) is 0 Å². The van der Waals surface area contributed by atoms with Crippen molar-refractivity contribution in [1.82, 2.24) is 4.98 Å². The highest BCUT2D eigenvalue weighted by atomic mass is 32.2. The van der Waals surface area contributed by atoms with Crippen LogP contribution in [0.1, 0.15) is 11.1 Å². The van der Waals surface area contributed by atoms with Crippen LogP contribution in [0.3, 0.4) is 0 Å². The summed E-state index contributed by atoms with van der Waals surface area (Å²) in [5, 5.41) is 4.92. The third-order valence-electron chi connectivity index (χ3n) is 4.13. The van der Waals surface area contributed by atoms with Gasteiger partial charge in [-0.25, -0.2) is 13.4 Å². The second-order valence-corrected chi connectivity index (χ2v) is 9.51. The zero-order chi connectivity index (χ0) is 23.3. The van der Waals surface area contributed by atoms with Crippen molar-refractivity contribution in [1.29, 1.82) is 0 Å². The van der Waals surface area contributed by atoms with Gasteiger partial charge in [-0.3, -0.25) is 14.9 Å². The average Bonchev–Trinajstić information content (AvgIpc) is 3.22. The number of thiazole rings is 1. The van der Waals surface area contributed by atoms with E-state index in [9.17, 15) is 18.0 Å². The van der Waals surface area contributed by atoms with E-state index < -0.39 is 27.0 Å². The van der Waals surface area contributed by atoms with Gasteiger partial charge in [0, 0.05) is 11.6 Å². The Morgan fingerprint density at radius 1 is 1.00 bits per heavy atom. The van der Waals surface area contributed by atoms with Gasteiger partial charge >= 0.3 is 11.8 Å². The third-order valence-corrected chi connectivity index (χ3v) is 6.07. The highest BCUT2D eigenvalue weighted by molar-refractivity contribution is 7.90. The third kappa shape index (κ3) is 5.60. The lowest BCUT2D eigenvalue weighted by atomic mass is 10.2. The number of ether oxygens (including phenoxy) is 2. The van der Waals surface area contributed by atoms with Gasteiger partial charge in [-0.15, -0.1) is 11.3 Å². The van der Waals surface area contributed by atoms with Crippen LogP contribution < -0.4 is 25.8 Å². The minimum absolute atomic E-state index is 0.0396. The van der Waals surface area contributed by atoms with Crippen LogP contribution in [0.15, 0.2) is 53.9 Å². The van der Waals surface area contributed by atoms with Gasteiger partial charge in [-0.2, -0.15) is 0 Å². The fraction of sp³-hybridized carbons (Fsp3) is 0.150. The Hall–Kier alpha value is -3.48. The predicted octanol–water partition coefficient (Wildman–Crippen LogP) is 2.52. The molecule has 1 aromatic heterocycles. The average molecular weight is 477 g/mol. The molecule has 2 aromatic carbocycles. The van der Waals surface area contributed by atoms with Crippen molar-refractivity contribution < 1.29 is 27.5 Å². The number of nitrogens with two attached hydrogens (primary N) is 1. The maximum absolute atomic E-state index is 12.4. The number of methoxy groups -OCH3 is 1. The van der Waals surface area contributed by atoms with Crippen LogP contribution in [-0.4, -0.2) is 38.6 Å². The van der Waals surface area contributed by atoms with Gasteiger partial charge in [0.25, 0.3) is 0 Å². The molecule has 0 radical (unpaired) electrons. The number of sulfone groups is 1. The first kappa shape index (κ1) is 23.2. The lowest BCUT2D eigenvalue weighted by Crippen LogP contribution is -2.29. The fourth-order valence-electron chi connectivity index (χ4n) is 2.51. The molecule has 12 heteroatoms. The highest BCUT2D eigenvalue weighted by Gasteiger charge is 2.23. The van der Waals surface area contributed by atoms with E-state index in [4.69, 9.17) is 15.2 Å². The monoisotopic (exact) mass is 476 g/mol. The summed E-state index contributed by atoms with van der Waals surface area (Å²) in [5.41, 5.74) is 5.95. The molecule has 3 rings (SSSR count). The van der Waals surface area contributed by atoms with E-state index in [1.54, 1.807) is 48.5 Å². The Bertz CT molecular complexity index is 1240. The van der Waals surface area contributed by atoms with E-state index in [-0.39, 0.29) is 16.5 Å². The number of carbonyl (C=O) groups excluding carboxylic acids is 2. The summed E-state index contributed by atoms with van der Waals surface area (Å²) in [6.45, 7) is 0. The van der Waals surface area contributed by atoms with Crippen LogP contribution >= 0.6 is 11.3 Å². The topological polar surface area (TPSA) is 150 Å². The van der Waals surface area contributed by atoms with Crippen molar-refractivity contribution in [3.05, 3.63) is 59.6 Å². The van der Waals surface area contributed by atoms with E-state index in [1.165, 1.54) is 12.5 Å². The van der Waals surface area contributed by atoms with E-state index >= 15 is 0 Å². The summed E-state index contributed by atoms with van der Waals surface area (Å²) in [5.74, 6) is -0.734. The summed E-state index contributed by atoms with van der Waals surface area (Å²) in [6.07, 6.45) is 0.979. The van der Waals surface area contributed by atoms with Crippen LogP contribution in [0.4, 0.5) is 10.8 Å². The van der Waals surface area contributed by atoms with Gasteiger partial charge in [0.15, 0.2) is 37.6 Å². The Morgan fingerprint density at radius 3 is 2.25 bits per heavy atom. The van der Waals surface area contributed by atoms with Crippen molar-refractivity contribution in [2.24, 2.45) is 5.73 Å². The molecule has 0 bridgehead atoms. The number of nitrogens with zero attached hydrogens (tertiary/aromatic N) is 1. The quantitative estimate of drug-likeness (QED) is 0.440. The van der Waals surface area contributed by atoms with Crippen molar-refractivity contribution in [2.75, 3.05) is 24.0 Å². The number of aromatic nitrogens is 1. The molecule has 0 spiro atoms. The number of benzene rings is 2. The Balaban J connectivity index is 1.70. The number of anilines is 2. The van der Waals surface area contributed by atoms with Crippen LogP contribution in [0.5, 0.6) is 17.2 Å². The lowest BCUT2D eigenvalue weighted by molar-refractivity contribution is -0.133. The summed E-state index contributed by atoms with van der Waals surface area (Å²) >= 11 is 0.949. The van der Waals surface area contributed by atoms with Crippen molar-refractivity contribution in [2.45, 2.75) is 5.37 Å². The number of nitrogens with one attached hydrogen (secondary N) is 2. The number of hydrogen-bond donors (Lipinski definition) is 3. The molecule has 0 aliphatic heterocycles. The summed E-state index contributed by atoms with van der Waals surface area (Å²) in [7, 11) is -2.05. The van der Waals surface area contributed by atoms with Gasteiger partial charge in [-0.1, -0.05) is 24.3 Å². The molecule has 10 nitrogen and oxygen atoms in total. The number of rotatable bonds is 7. The van der Waals surface area contributed by atoms with Crippen LogP contribution in [0.25, 0.3) is 0 Å². The molecule has 32 heavy (non-hydrogen) atoms. The molecule has 1 atom stereocenters. The van der Waals surface area contributed by atoms with Crippen LogP contribution in [0, 0.1) is 0 Å². The molecule has 3 aromatic rings. The molecule has 2 amide bonds. The van der Waals surface area contributed by atoms with Gasteiger partial charge in [-0.05, 0) is 24.3 Å². The molecule has 0 saturated carbocycles. The van der Waals surface area contributed by atoms with E-state index in [2.05, 4.69) is 15.6 Å². The minimum atomic E-state index is -3.56. The molecule has 1 unspecified atom stereocenters. The molecule has 1 heterocycles. The number of hydrogen-bond acceptors (Lipinski definition) is 9. The van der Waals surface area contributed by atoms with Crippen LogP contribution in [-0.2, 0) is 19.4 Å². The maximum atomic E-state index is 12.4. The molecule has 0 aliphatic rings. The van der Waals surface area contributed by atoms with Gasteiger partial charge in [0.2, 0.25) is 0 Å². The molecular formula is C20H20N4O6S2. The maximum Gasteiger partial charge on any atom is 0.315 e. The van der Waals surface area contributed by atoms with E-state index in [0.29, 0.717) is 17.2 Å². The first-order chi connectivity index (χ1) is 15.2. The second kappa shape index (κ2) is 9.77. The van der Waals surface area contributed by atoms with Gasteiger partial charge < -0.3 is 20.5 Å². The first-order valence-electron chi connectivity index (χ1n) is 9.11. The molecule has 0 saturated heterocycles. The number of para-hydroxylation sites is 4. The first-order valence-corrected chi connectivity index (χ1v) is 11.9. The van der Waals surface area contributed by atoms with Crippen molar-refractivity contribution in [3.8, 4) is 17.2 Å². The standard InChI is InChI=1S/C20H20N4O6S2/c1-29-15-9-5-6-10-16(15)30-14-8-4-3-7-12(14)22-18(25)19(26)24-20-23-13(11-31-20)17(21)32(2,27)28/h3-11,17H,21H2,1-2H3,(H,22,25)(H,23,24,26). The highest BCUT2D eigenvalue weighted by Crippen LogP contribution is 2.34. The predicted molar refractivity (Wildman–Crippen MR) is 121 cm³/mol. The van der Waals surface area contributed by atoms with E-state index in [1.807, 2.05) is 0 Å². The Labute approximate surface area is 188 Å². The van der Waals surface area contributed by atoms with Crippen molar-refractivity contribution in [3.63, 3.8) is 0 Å². The number of amides is 2. The number of carbonyl (C=O) groups is 2. The Morgan fingerprint density at radius 2 is 1.59 bits per heavy atom. The zero-order valence-corrected chi connectivity index (χ0v) is 18.7. The Kier molecular flexibility index (Phi) is 7.08. The summed E-state index contributed by atoms with van der Waals surface area (Å²) < 4.78 is 34.2. The molecule has 168 valence electrons.